The van der Waals surface area contributed by atoms with Crippen LogP contribution in [-0.4, -0.2) is 35.8 Å². The number of fused-ring (bicyclic) bond motifs is 1. The Bertz CT molecular complexity index is 947. The highest BCUT2D eigenvalue weighted by Crippen LogP contribution is 2.43. The molecule has 1 aliphatic heterocycles. The van der Waals surface area contributed by atoms with E-state index in [9.17, 15) is 0 Å². The van der Waals surface area contributed by atoms with Gasteiger partial charge in [0.25, 0.3) is 0 Å². The van der Waals surface area contributed by atoms with Gasteiger partial charge in [0.05, 0.1) is 11.6 Å². The van der Waals surface area contributed by atoms with Crippen LogP contribution >= 0.6 is 0 Å². The summed E-state index contributed by atoms with van der Waals surface area (Å²) in [6.07, 6.45) is 18.9. The predicted molar refractivity (Wildman–Crippen MR) is 151 cm³/mol. The van der Waals surface area contributed by atoms with E-state index in [1.54, 1.807) is 6.20 Å². The van der Waals surface area contributed by atoms with Crippen molar-refractivity contribution < 1.29 is 0 Å². The largest absolute Gasteiger partial charge is 0.369 e. The van der Waals surface area contributed by atoms with Gasteiger partial charge in [0.15, 0.2) is 0 Å². The number of piperazine rings is 1. The van der Waals surface area contributed by atoms with Gasteiger partial charge in [-0.1, -0.05) is 50.6 Å². The van der Waals surface area contributed by atoms with E-state index in [2.05, 4.69) is 75.5 Å². The maximum Gasteiger partial charge on any atom is 0.0991 e. The Morgan fingerprint density at radius 3 is 2.54 bits per heavy atom. The number of hydrogen-bond acceptors (Lipinski definition) is 4. The molecule has 1 saturated heterocycles. The Morgan fingerprint density at radius 2 is 1.97 bits per heavy atom. The summed E-state index contributed by atoms with van der Waals surface area (Å²) < 4.78 is 0. The first kappa shape index (κ1) is 28.6. The van der Waals surface area contributed by atoms with Crippen LogP contribution in [0.2, 0.25) is 0 Å². The molecular formula is C31H46N4. The Balaban J connectivity index is 0.000000271. The monoisotopic (exact) mass is 474 g/mol. The van der Waals surface area contributed by atoms with Gasteiger partial charge in [-0.3, -0.25) is 4.99 Å². The highest BCUT2D eigenvalue weighted by molar-refractivity contribution is 6.03. The maximum absolute atomic E-state index is 8.85. The van der Waals surface area contributed by atoms with Gasteiger partial charge < -0.3 is 10.2 Å². The van der Waals surface area contributed by atoms with E-state index in [1.807, 2.05) is 24.3 Å². The van der Waals surface area contributed by atoms with Crippen LogP contribution in [0, 0.1) is 17.2 Å². The number of nitrogens with one attached hydrogen (secondary N) is 1. The lowest BCUT2D eigenvalue weighted by Gasteiger charge is -2.32. The Labute approximate surface area is 214 Å². The molecule has 2 unspecified atom stereocenters. The normalized spacial score (nSPS) is 23.7. The van der Waals surface area contributed by atoms with Crippen molar-refractivity contribution in [3.8, 4) is 6.07 Å². The van der Waals surface area contributed by atoms with Crippen LogP contribution in [-0.2, 0) is 0 Å². The Morgan fingerprint density at radius 1 is 1.23 bits per heavy atom. The molecular weight excluding hydrogens is 428 g/mol. The lowest BCUT2D eigenvalue weighted by Crippen LogP contribution is -2.43. The van der Waals surface area contributed by atoms with Gasteiger partial charge in [0.2, 0.25) is 0 Å². The minimum absolute atomic E-state index is 0.697. The minimum Gasteiger partial charge on any atom is -0.369 e. The highest BCUT2D eigenvalue weighted by atomic mass is 15.3. The molecule has 1 heterocycles. The number of allylic oxidation sites excluding steroid dienone is 10. The predicted octanol–water partition coefficient (Wildman–Crippen LogP) is 7.42. The third-order valence-electron chi connectivity index (χ3n) is 6.80. The first-order valence-electron chi connectivity index (χ1n) is 13.4. The van der Waals surface area contributed by atoms with E-state index < -0.39 is 0 Å². The second kappa shape index (κ2) is 14.7. The summed E-state index contributed by atoms with van der Waals surface area (Å²) in [4.78, 5) is 7.10. The molecule has 2 aliphatic carbocycles. The van der Waals surface area contributed by atoms with Crippen molar-refractivity contribution in [2.75, 3.05) is 13.1 Å². The molecule has 35 heavy (non-hydrogen) atoms. The quantitative estimate of drug-likeness (QED) is 0.204. The third kappa shape index (κ3) is 8.82. The van der Waals surface area contributed by atoms with Gasteiger partial charge in [-0.15, -0.1) is 0 Å². The average Bonchev–Trinajstić information content (AvgIpc) is 3.76. The minimum atomic E-state index is 0.697. The topological polar surface area (TPSA) is 51.4 Å². The van der Waals surface area contributed by atoms with Gasteiger partial charge in [-0.2, -0.15) is 5.26 Å². The SMILES string of the molecule is C=CN=C(C)C(/C(=C\C)C1CC1)=C(\C)N1CCNC2CC21.CC/C=C/C=C(C#N)\C=C(/C)CCC. The van der Waals surface area contributed by atoms with Crippen LogP contribution < -0.4 is 5.32 Å². The number of nitriles is 1. The number of rotatable bonds is 10. The summed E-state index contributed by atoms with van der Waals surface area (Å²) in [6.45, 7) is 18.8. The zero-order valence-electron chi connectivity index (χ0n) is 22.9. The average molecular weight is 475 g/mol. The zero-order valence-corrected chi connectivity index (χ0v) is 22.9. The first-order valence-corrected chi connectivity index (χ1v) is 13.4. The van der Waals surface area contributed by atoms with Crippen LogP contribution in [0.4, 0.5) is 0 Å². The van der Waals surface area contributed by atoms with E-state index in [0.29, 0.717) is 12.1 Å². The smallest absolute Gasteiger partial charge is 0.0991 e. The fourth-order valence-electron chi connectivity index (χ4n) is 4.86. The third-order valence-corrected chi connectivity index (χ3v) is 6.80. The van der Waals surface area contributed by atoms with Crippen molar-refractivity contribution in [2.45, 2.75) is 92.2 Å². The molecule has 4 nitrogen and oxygen atoms in total. The molecule has 2 saturated carbocycles. The molecule has 0 radical (unpaired) electrons. The molecule has 0 aromatic heterocycles. The Kier molecular flexibility index (Phi) is 12.0. The number of aliphatic imine (C=N–C) groups is 1. The van der Waals surface area contributed by atoms with Gasteiger partial charge in [-0.05, 0) is 83.4 Å². The zero-order chi connectivity index (χ0) is 25.8. The molecule has 4 heteroatoms. The number of nitrogens with zero attached hydrogens (tertiary/aromatic N) is 3. The Hall–Kier alpha value is -2.64. The van der Waals surface area contributed by atoms with Crippen LogP contribution in [0.15, 0.2) is 76.1 Å². The molecule has 3 aliphatic rings. The van der Waals surface area contributed by atoms with Gasteiger partial charge in [0, 0.05) is 48.4 Å². The summed E-state index contributed by atoms with van der Waals surface area (Å²) in [6, 6.07) is 3.59. The summed E-state index contributed by atoms with van der Waals surface area (Å²) in [7, 11) is 0. The van der Waals surface area contributed by atoms with Crippen molar-refractivity contribution in [1.29, 1.82) is 5.26 Å². The summed E-state index contributed by atoms with van der Waals surface area (Å²) in [5.74, 6) is 0.743. The highest BCUT2D eigenvalue weighted by Gasteiger charge is 2.45. The van der Waals surface area contributed by atoms with E-state index in [-0.39, 0.29) is 0 Å². The van der Waals surface area contributed by atoms with E-state index in [0.717, 1.165) is 49.6 Å². The van der Waals surface area contributed by atoms with Crippen LogP contribution in [0.3, 0.4) is 0 Å². The second-order valence-electron chi connectivity index (χ2n) is 9.74. The molecule has 0 aromatic rings. The summed E-state index contributed by atoms with van der Waals surface area (Å²) in [5.41, 5.74) is 7.38. The lowest BCUT2D eigenvalue weighted by molar-refractivity contribution is 0.286. The first-order chi connectivity index (χ1) is 16.9. The number of hydrogen-bond donors (Lipinski definition) is 1. The van der Waals surface area contributed by atoms with Crippen LogP contribution in [0.5, 0.6) is 0 Å². The molecule has 2 atom stereocenters. The van der Waals surface area contributed by atoms with Crippen LogP contribution in [0.1, 0.15) is 80.1 Å². The molecule has 0 bridgehead atoms. The standard InChI is InChI=1S/C18H27N3.C13H19N/c1-5-15(14-7-8-14)18(12(3)19-6-2)13(4)21-10-9-20-16-11-17(16)21;1-4-6-7-9-13(11-14)10-12(3)8-5-2/h5-6,14,16-17,20H,2,7-11H2,1,3-4H3;6-7,9-10H,4-5,8H2,1-3H3/b15-5-,18-13-,19-12?;7-6+,12-10+,13-9+. The van der Waals surface area contributed by atoms with E-state index in [4.69, 9.17) is 5.26 Å². The molecule has 190 valence electrons. The van der Waals surface area contributed by atoms with E-state index in [1.165, 1.54) is 41.7 Å². The van der Waals surface area contributed by atoms with E-state index >= 15 is 0 Å². The molecule has 1 N–H and O–H groups in total. The van der Waals surface area contributed by atoms with Crippen LogP contribution in [0.25, 0.3) is 0 Å². The van der Waals surface area contributed by atoms with Crippen molar-refractivity contribution in [3.05, 3.63) is 71.1 Å². The fourth-order valence-corrected chi connectivity index (χ4v) is 4.86. The lowest BCUT2D eigenvalue weighted by atomic mass is 9.95. The molecule has 3 rings (SSSR count). The second-order valence-corrected chi connectivity index (χ2v) is 9.74. The van der Waals surface area contributed by atoms with Gasteiger partial charge >= 0.3 is 0 Å². The maximum atomic E-state index is 8.85. The molecule has 3 fully saturated rings. The van der Waals surface area contributed by atoms with Crippen molar-refractivity contribution in [1.82, 2.24) is 10.2 Å². The summed E-state index contributed by atoms with van der Waals surface area (Å²) >= 11 is 0. The van der Waals surface area contributed by atoms with Crippen molar-refractivity contribution in [2.24, 2.45) is 10.9 Å². The summed E-state index contributed by atoms with van der Waals surface area (Å²) in [5, 5.41) is 12.4. The van der Waals surface area contributed by atoms with Gasteiger partial charge in [0.1, 0.15) is 0 Å². The van der Waals surface area contributed by atoms with Gasteiger partial charge in [-0.25, -0.2) is 0 Å². The fraction of sp³-hybridized carbons (Fsp3) is 0.548. The molecule has 0 amide bonds. The van der Waals surface area contributed by atoms with Crippen molar-refractivity contribution >= 4 is 5.71 Å². The van der Waals surface area contributed by atoms with Crippen molar-refractivity contribution in [3.63, 3.8) is 0 Å². The molecule has 0 aromatic carbocycles. The molecule has 0 spiro atoms.